The molecule has 1 fully saturated rings. The highest BCUT2D eigenvalue weighted by Gasteiger charge is 2.22. The molecular formula is C20H24N6OS. The van der Waals surface area contributed by atoms with Gasteiger partial charge in [-0.2, -0.15) is 4.98 Å². The third-order valence-electron chi connectivity index (χ3n) is 4.92. The van der Waals surface area contributed by atoms with Crippen molar-refractivity contribution in [1.29, 1.82) is 0 Å². The number of piperazine rings is 1. The number of carbonyl (C=O) groups excluding carboxylic acids is 1. The second-order valence-electron chi connectivity index (χ2n) is 7.14. The first kappa shape index (κ1) is 18.7. The lowest BCUT2D eigenvalue weighted by atomic mass is 10.2. The molecule has 4 rings (SSSR count). The van der Waals surface area contributed by atoms with E-state index in [-0.39, 0.29) is 5.91 Å². The fourth-order valence-corrected chi connectivity index (χ4v) is 4.19. The number of amides is 1. The number of carbonyl (C=O) groups is 1. The van der Waals surface area contributed by atoms with Gasteiger partial charge >= 0.3 is 0 Å². The number of nitrogens with zero attached hydrogens (tertiary/aromatic N) is 6. The number of benzene rings is 1. The van der Waals surface area contributed by atoms with Crippen LogP contribution in [-0.4, -0.2) is 62.3 Å². The van der Waals surface area contributed by atoms with E-state index in [9.17, 15) is 4.79 Å². The zero-order valence-corrected chi connectivity index (χ0v) is 17.2. The monoisotopic (exact) mass is 396 g/mol. The van der Waals surface area contributed by atoms with Crippen molar-refractivity contribution in [2.75, 3.05) is 36.8 Å². The van der Waals surface area contributed by atoms with Crippen LogP contribution in [0, 0.1) is 20.8 Å². The third-order valence-corrected chi connectivity index (χ3v) is 5.75. The van der Waals surface area contributed by atoms with Crippen LogP contribution in [0.3, 0.4) is 0 Å². The Bertz CT molecular complexity index is 1010. The summed E-state index contributed by atoms with van der Waals surface area (Å²) in [5.74, 6) is 1.06. The van der Waals surface area contributed by atoms with Gasteiger partial charge in [0.05, 0.1) is 5.75 Å². The average Bonchev–Trinajstić information content (AvgIpc) is 3.09. The minimum Gasteiger partial charge on any atom is -0.368 e. The van der Waals surface area contributed by atoms with E-state index in [0.717, 1.165) is 37.6 Å². The molecule has 1 aromatic carbocycles. The van der Waals surface area contributed by atoms with Crippen molar-refractivity contribution in [2.24, 2.45) is 0 Å². The molecule has 0 bridgehead atoms. The fraction of sp³-hybridized carbons (Fsp3) is 0.400. The molecule has 8 heteroatoms. The second-order valence-corrected chi connectivity index (χ2v) is 8.08. The van der Waals surface area contributed by atoms with Crippen LogP contribution < -0.4 is 4.90 Å². The first-order valence-electron chi connectivity index (χ1n) is 9.43. The summed E-state index contributed by atoms with van der Waals surface area (Å²) in [7, 11) is 0. The number of hydrogen-bond acceptors (Lipinski definition) is 6. The number of aryl methyl sites for hydroxylation is 3. The molecule has 0 spiro atoms. The van der Waals surface area contributed by atoms with Crippen LogP contribution in [0.15, 0.2) is 35.5 Å². The summed E-state index contributed by atoms with van der Waals surface area (Å²) in [5.41, 5.74) is 4.39. The highest BCUT2D eigenvalue weighted by Crippen LogP contribution is 2.19. The molecule has 0 N–H and O–H groups in total. The van der Waals surface area contributed by atoms with Crippen LogP contribution in [0.4, 0.5) is 5.69 Å². The van der Waals surface area contributed by atoms with Crippen molar-refractivity contribution in [3.63, 3.8) is 0 Å². The number of hydrogen-bond donors (Lipinski definition) is 0. The summed E-state index contributed by atoms with van der Waals surface area (Å²) in [5, 5.41) is 5.05. The minimum absolute atomic E-state index is 0.133. The molecule has 1 saturated heterocycles. The van der Waals surface area contributed by atoms with Gasteiger partial charge in [-0.15, -0.1) is 5.10 Å². The summed E-state index contributed by atoms with van der Waals surface area (Å²) in [6.07, 6.45) is 0. The van der Waals surface area contributed by atoms with Crippen molar-refractivity contribution in [1.82, 2.24) is 24.5 Å². The summed E-state index contributed by atoms with van der Waals surface area (Å²) >= 11 is 1.37. The summed E-state index contributed by atoms with van der Waals surface area (Å²) in [6.45, 7) is 9.21. The molecular weight excluding hydrogens is 372 g/mol. The normalized spacial score (nSPS) is 14.7. The smallest absolute Gasteiger partial charge is 0.253 e. The van der Waals surface area contributed by atoms with Crippen molar-refractivity contribution in [3.05, 3.63) is 47.3 Å². The van der Waals surface area contributed by atoms with Gasteiger partial charge in [-0.1, -0.05) is 23.9 Å². The first-order valence-corrected chi connectivity index (χ1v) is 10.4. The second kappa shape index (κ2) is 7.79. The zero-order chi connectivity index (χ0) is 19.7. The zero-order valence-electron chi connectivity index (χ0n) is 16.4. The van der Waals surface area contributed by atoms with Crippen molar-refractivity contribution < 1.29 is 4.79 Å². The van der Waals surface area contributed by atoms with Gasteiger partial charge in [-0.05, 0) is 44.5 Å². The number of rotatable bonds is 4. The van der Waals surface area contributed by atoms with E-state index in [1.54, 1.807) is 4.52 Å². The van der Waals surface area contributed by atoms with Crippen molar-refractivity contribution in [2.45, 2.75) is 25.9 Å². The quantitative estimate of drug-likeness (QED) is 0.631. The van der Waals surface area contributed by atoms with E-state index in [4.69, 9.17) is 0 Å². The molecule has 0 atom stereocenters. The van der Waals surface area contributed by atoms with Gasteiger partial charge in [0.1, 0.15) is 0 Å². The van der Waals surface area contributed by atoms with E-state index < -0.39 is 0 Å². The van der Waals surface area contributed by atoms with E-state index in [2.05, 4.69) is 51.2 Å². The number of fused-ring (bicyclic) bond motifs is 1. The summed E-state index contributed by atoms with van der Waals surface area (Å²) in [6, 6.07) is 10.5. The van der Waals surface area contributed by atoms with Crippen LogP contribution >= 0.6 is 11.8 Å². The Hall–Kier alpha value is -2.61. The molecule has 0 saturated carbocycles. The van der Waals surface area contributed by atoms with Gasteiger partial charge in [0.25, 0.3) is 5.78 Å². The maximum absolute atomic E-state index is 12.6. The van der Waals surface area contributed by atoms with Gasteiger partial charge in [0, 0.05) is 43.3 Å². The van der Waals surface area contributed by atoms with Crippen LogP contribution in [0.1, 0.15) is 17.0 Å². The van der Waals surface area contributed by atoms with Crippen LogP contribution in [0.25, 0.3) is 5.78 Å². The molecule has 3 aromatic rings. The molecule has 2 aromatic heterocycles. The topological polar surface area (TPSA) is 66.6 Å². The summed E-state index contributed by atoms with van der Waals surface area (Å²) in [4.78, 5) is 25.7. The highest BCUT2D eigenvalue weighted by molar-refractivity contribution is 7.99. The molecule has 7 nitrogen and oxygen atoms in total. The Balaban J connectivity index is 1.33. The maximum atomic E-state index is 12.6. The van der Waals surface area contributed by atoms with Gasteiger partial charge in [0.15, 0.2) is 0 Å². The molecule has 1 aliphatic rings. The Kier molecular flexibility index (Phi) is 5.21. The largest absolute Gasteiger partial charge is 0.368 e. The van der Waals surface area contributed by atoms with Crippen molar-refractivity contribution >= 4 is 29.1 Å². The lowest BCUT2D eigenvalue weighted by molar-refractivity contribution is -0.128. The van der Waals surface area contributed by atoms with E-state index in [1.807, 2.05) is 24.8 Å². The molecule has 0 aliphatic carbocycles. The Morgan fingerprint density at radius 3 is 2.61 bits per heavy atom. The van der Waals surface area contributed by atoms with Gasteiger partial charge in [0.2, 0.25) is 11.1 Å². The van der Waals surface area contributed by atoms with Crippen LogP contribution in [0.2, 0.25) is 0 Å². The van der Waals surface area contributed by atoms with Crippen LogP contribution in [0.5, 0.6) is 0 Å². The lowest BCUT2D eigenvalue weighted by Crippen LogP contribution is -2.49. The standard InChI is InChI=1S/C20H24N6OS/c1-14-5-4-6-17(11-14)24-7-9-25(10-8-24)18(27)13-28-20-22-19-21-15(2)12-16(3)26(19)23-20/h4-6,11-12H,7-10,13H2,1-3H3. The van der Waals surface area contributed by atoms with Crippen molar-refractivity contribution in [3.8, 4) is 0 Å². The molecule has 0 radical (unpaired) electrons. The Morgan fingerprint density at radius 2 is 1.86 bits per heavy atom. The predicted molar refractivity (Wildman–Crippen MR) is 111 cm³/mol. The van der Waals surface area contributed by atoms with E-state index >= 15 is 0 Å². The highest BCUT2D eigenvalue weighted by atomic mass is 32.2. The summed E-state index contributed by atoms with van der Waals surface area (Å²) < 4.78 is 1.72. The van der Waals surface area contributed by atoms with E-state index in [1.165, 1.54) is 23.0 Å². The first-order chi connectivity index (χ1) is 13.5. The molecule has 28 heavy (non-hydrogen) atoms. The SMILES string of the molecule is Cc1cccc(N2CCN(C(=O)CSc3nc4nc(C)cc(C)n4n3)CC2)c1. The van der Waals surface area contributed by atoms with Gasteiger partial charge < -0.3 is 9.80 Å². The number of anilines is 1. The van der Waals surface area contributed by atoms with Crippen LogP contribution in [-0.2, 0) is 4.79 Å². The molecule has 146 valence electrons. The molecule has 1 aliphatic heterocycles. The predicted octanol–water partition coefficient (Wildman–Crippen LogP) is 2.49. The fourth-order valence-electron chi connectivity index (χ4n) is 3.47. The Morgan fingerprint density at radius 1 is 1.07 bits per heavy atom. The van der Waals surface area contributed by atoms with Gasteiger partial charge in [-0.3, -0.25) is 4.79 Å². The minimum atomic E-state index is 0.133. The number of aromatic nitrogens is 4. The molecule has 1 amide bonds. The average molecular weight is 397 g/mol. The number of thioether (sulfide) groups is 1. The molecule has 3 heterocycles. The molecule has 0 unspecified atom stereocenters. The lowest BCUT2D eigenvalue weighted by Gasteiger charge is -2.36. The van der Waals surface area contributed by atoms with E-state index in [0.29, 0.717) is 16.7 Å². The maximum Gasteiger partial charge on any atom is 0.253 e. The third kappa shape index (κ3) is 3.96. The Labute approximate surface area is 168 Å². The van der Waals surface area contributed by atoms with Gasteiger partial charge in [-0.25, -0.2) is 9.50 Å².